The second-order valence-electron chi connectivity index (χ2n) is 8.08. The van der Waals surface area contributed by atoms with E-state index >= 15 is 0 Å². The van der Waals surface area contributed by atoms with Gasteiger partial charge in [0.1, 0.15) is 11.4 Å². The Morgan fingerprint density at radius 2 is 2.04 bits per heavy atom. The van der Waals surface area contributed by atoms with Gasteiger partial charge in [-0.25, -0.2) is 0 Å². The summed E-state index contributed by atoms with van der Waals surface area (Å²) in [5.41, 5.74) is 2.57. The van der Waals surface area contributed by atoms with Gasteiger partial charge in [0, 0.05) is 0 Å². The average Bonchev–Trinajstić information content (AvgIpc) is 3.46. The van der Waals surface area contributed by atoms with Gasteiger partial charge in [0.15, 0.2) is 0 Å². The number of esters is 1. The molecule has 1 aromatic carbocycles. The van der Waals surface area contributed by atoms with E-state index in [9.17, 15) is 4.79 Å². The Bertz CT molecular complexity index is 647. The number of methoxy groups -OCH3 is 1. The van der Waals surface area contributed by atoms with Crippen LogP contribution in [0.3, 0.4) is 0 Å². The van der Waals surface area contributed by atoms with Crippen LogP contribution in [0.15, 0.2) is 18.2 Å². The third-order valence-corrected chi connectivity index (χ3v) is 6.41. The summed E-state index contributed by atoms with van der Waals surface area (Å²) in [5.74, 6) is 1.68. The molecule has 0 bridgehead atoms. The van der Waals surface area contributed by atoms with Gasteiger partial charge in [0.25, 0.3) is 0 Å². The van der Waals surface area contributed by atoms with Crippen LogP contribution >= 0.6 is 0 Å². The minimum absolute atomic E-state index is 0.0138. The highest BCUT2D eigenvalue weighted by Gasteiger charge is 2.41. The maximum atomic E-state index is 12.1. The van der Waals surface area contributed by atoms with E-state index in [1.54, 1.807) is 0 Å². The maximum Gasteiger partial charge on any atom is 0.309 e. The third kappa shape index (κ3) is 3.29. The first kappa shape index (κ1) is 16.9. The molecule has 4 rings (SSSR count). The average molecular weight is 343 g/mol. The second-order valence-corrected chi connectivity index (χ2v) is 8.08. The van der Waals surface area contributed by atoms with Crippen molar-refractivity contribution in [1.82, 2.24) is 5.32 Å². The number of hydrogen-bond acceptors (Lipinski definition) is 4. The fraction of sp³-hybridized carbons (Fsp3) is 0.667. The second kappa shape index (κ2) is 6.64. The van der Waals surface area contributed by atoms with E-state index in [1.165, 1.54) is 31.1 Å². The van der Waals surface area contributed by atoms with Crippen molar-refractivity contribution >= 4 is 5.97 Å². The highest BCUT2D eigenvalue weighted by molar-refractivity contribution is 5.73. The van der Waals surface area contributed by atoms with E-state index in [4.69, 9.17) is 9.47 Å². The zero-order chi connectivity index (χ0) is 17.4. The number of hydrogen-bond donors (Lipinski definition) is 1. The van der Waals surface area contributed by atoms with Crippen molar-refractivity contribution in [2.24, 2.45) is 11.8 Å². The van der Waals surface area contributed by atoms with Gasteiger partial charge in [-0.3, -0.25) is 4.79 Å². The van der Waals surface area contributed by atoms with Crippen LogP contribution in [0.4, 0.5) is 0 Å². The fourth-order valence-electron chi connectivity index (χ4n) is 4.72. The minimum Gasteiger partial charge on any atom is -0.487 e. The van der Waals surface area contributed by atoms with Gasteiger partial charge in [-0.05, 0) is 80.6 Å². The van der Waals surface area contributed by atoms with E-state index in [0.29, 0.717) is 5.92 Å². The van der Waals surface area contributed by atoms with Crippen molar-refractivity contribution in [2.75, 3.05) is 20.2 Å². The lowest BCUT2D eigenvalue weighted by Crippen LogP contribution is -2.48. The monoisotopic (exact) mass is 343 g/mol. The number of nitrogens with one attached hydrogen (secondary N) is 1. The molecule has 1 aromatic rings. The molecule has 0 aromatic heterocycles. The molecule has 2 heterocycles. The number of carbonyl (C=O) groups excluding carboxylic acids is 1. The van der Waals surface area contributed by atoms with E-state index in [1.807, 2.05) is 6.92 Å². The Hall–Kier alpha value is -1.55. The summed E-state index contributed by atoms with van der Waals surface area (Å²) >= 11 is 0. The molecule has 136 valence electrons. The molecule has 3 aliphatic rings. The lowest BCUT2D eigenvalue weighted by molar-refractivity contribution is -0.145. The summed E-state index contributed by atoms with van der Waals surface area (Å²) in [7, 11) is 1.49. The molecule has 2 atom stereocenters. The van der Waals surface area contributed by atoms with Crippen molar-refractivity contribution in [3.63, 3.8) is 0 Å². The first-order valence-corrected chi connectivity index (χ1v) is 9.72. The van der Waals surface area contributed by atoms with Crippen molar-refractivity contribution in [2.45, 2.75) is 57.0 Å². The van der Waals surface area contributed by atoms with Crippen LogP contribution in [0.25, 0.3) is 0 Å². The minimum atomic E-state index is -0.106. The topological polar surface area (TPSA) is 47.6 Å². The maximum absolute atomic E-state index is 12.1. The van der Waals surface area contributed by atoms with Gasteiger partial charge in [-0.1, -0.05) is 19.1 Å². The van der Waals surface area contributed by atoms with E-state index in [2.05, 4.69) is 23.5 Å². The number of carbonyl (C=O) groups is 1. The first-order valence-electron chi connectivity index (χ1n) is 9.72. The predicted octanol–water partition coefficient (Wildman–Crippen LogP) is 3.44. The first-order chi connectivity index (χ1) is 12.1. The van der Waals surface area contributed by atoms with Crippen LogP contribution < -0.4 is 10.1 Å². The van der Waals surface area contributed by atoms with Crippen LogP contribution in [-0.4, -0.2) is 31.8 Å². The van der Waals surface area contributed by atoms with Crippen LogP contribution in [-0.2, 0) is 16.0 Å². The highest BCUT2D eigenvalue weighted by atomic mass is 16.5. The Labute approximate surface area is 150 Å². The van der Waals surface area contributed by atoms with Crippen LogP contribution in [0.5, 0.6) is 5.75 Å². The largest absolute Gasteiger partial charge is 0.487 e. The molecule has 4 heteroatoms. The fourth-order valence-corrected chi connectivity index (χ4v) is 4.72. The van der Waals surface area contributed by atoms with Crippen LogP contribution in [0.2, 0.25) is 0 Å². The molecule has 25 heavy (non-hydrogen) atoms. The molecule has 0 radical (unpaired) electrons. The quantitative estimate of drug-likeness (QED) is 0.851. The van der Waals surface area contributed by atoms with Gasteiger partial charge in [0.05, 0.1) is 13.0 Å². The van der Waals surface area contributed by atoms with Crippen LogP contribution in [0.1, 0.15) is 56.1 Å². The summed E-state index contributed by atoms with van der Waals surface area (Å²) in [6.45, 7) is 4.08. The molecule has 1 N–H and O–H groups in total. The standard InChI is InChI=1S/C21H29NO3/c1-14(20(23)24-2)19(16-4-5-16)17-6-3-15-7-8-21(25-18(15)13-17)9-11-22-12-10-21/h3,6,13-14,16,19,22H,4-5,7-12H2,1-2H3/t14-,19+/m1/s1. The summed E-state index contributed by atoms with van der Waals surface area (Å²) in [6.07, 6.45) is 6.80. The highest BCUT2D eigenvalue weighted by Crippen LogP contribution is 2.48. The molecule has 1 aliphatic carbocycles. The Morgan fingerprint density at radius 3 is 2.72 bits per heavy atom. The molecular weight excluding hydrogens is 314 g/mol. The SMILES string of the molecule is COC(=O)[C@H](C)[C@H](c1ccc2c(c1)OC1(CCNCC1)CC2)C1CC1. The molecule has 0 amide bonds. The summed E-state index contributed by atoms with van der Waals surface area (Å²) in [4.78, 5) is 12.1. The molecule has 2 fully saturated rings. The van der Waals surface area contributed by atoms with Gasteiger partial charge in [0.2, 0.25) is 0 Å². The van der Waals surface area contributed by atoms with E-state index in [-0.39, 0.29) is 23.4 Å². The molecule has 2 aliphatic heterocycles. The van der Waals surface area contributed by atoms with Gasteiger partial charge >= 0.3 is 5.97 Å². The normalized spacial score (nSPS) is 24.1. The van der Waals surface area contributed by atoms with Crippen molar-refractivity contribution in [1.29, 1.82) is 0 Å². The Morgan fingerprint density at radius 1 is 1.28 bits per heavy atom. The molecule has 4 nitrogen and oxygen atoms in total. The number of aryl methyl sites for hydroxylation is 1. The number of piperidine rings is 1. The number of fused-ring (bicyclic) bond motifs is 1. The zero-order valence-electron chi connectivity index (χ0n) is 15.3. The molecule has 1 spiro atoms. The van der Waals surface area contributed by atoms with Gasteiger partial charge in [-0.2, -0.15) is 0 Å². The van der Waals surface area contributed by atoms with Crippen LogP contribution in [0, 0.1) is 11.8 Å². The summed E-state index contributed by atoms with van der Waals surface area (Å²) < 4.78 is 11.6. The smallest absolute Gasteiger partial charge is 0.309 e. The molecule has 1 saturated heterocycles. The predicted molar refractivity (Wildman–Crippen MR) is 96.9 cm³/mol. The van der Waals surface area contributed by atoms with Crippen molar-refractivity contribution < 1.29 is 14.3 Å². The molecule has 1 saturated carbocycles. The summed E-state index contributed by atoms with van der Waals surface area (Å²) in [6, 6.07) is 6.66. The van der Waals surface area contributed by atoms with Gasteiger partial charge < -0.3 is 14.8 Å². The third-order valence-electron chi connectivity index (χ3n) is 6.41. The van der Waals surface area contributed by atoms with E-state index < -0.39 is 0 Å². The number of benzene rings is 1. The Kier molecular flexibility index (Phi) is 4.48. The van der Waals surface area contributed by atoms with Gasteiger partial charge in [-0.15, -0.1) is 0 Å². The number of ether oxygens (including phenoxy) is 2. The lowest BCUT2D eigenvalue weighted by atomic mass is 9.80. The van der Waals surface area contributed by atoms with Crippen molar-refractivity contribution in [3.05, 3.63) is 29.3 Å². The number of rotatable bonds is 4. The van der Waals surface area contributed by atoms with Crippen molar-refractivity contribution in [3.8, 4) is 5.75 Å². The zero-order valence-corrected chi connectivity index (χ0v) is 15.3. The Balaban J connectivity index is 1.61. The molecular formula is C21H29NO3. The van der Waals surface area contributed by atoms with E-state index in [0.717, 1.165) is 44.5 Å². The molecule has 0 unspecified atom stereocenters. The summed E-state index contributed by atoms with van der Waals surface area (Å²) in [5, 5.41) is 3.44. The lowest BCUT2D eigenvalue weighted by Gasteiger charge is -2.42.